The van der Waals surface area contributed by atoms with E-state index in [0.29, 0.717) is 0 Å². The van der Waals surface area contributed by atoms with Crippen molar-refractivity contribution in [2.45, 2.75) is 12.5 Å². The zero-order chi connectivity index (χ0) is 13.5. The Balaban J connectivity index is 2.21. The van der Waals surface area contributed by atoms with Crippen molar-refractivity contribution < 1.29 is 5.11 Å². The van der Waals surface area contributed by atoms with Crippen molar-refractivity contribution in [3.63, 3.8) is 0 Å². The van der Waals surface area contributed by atoms with Gasteiger partial charge in [0.05, 0.1) is 6.04 Å². The molecule has 0 bridgehead atoms. The van der Waals surface area contributed by atoms with E-state index in [-0.39, 0.29) is 12.6 Å². The summed E-state index contributed by atoms with van der Waals surface area (Å²) in [6.45, 7) is 0.980. The lowest BCUT2D eigenvalue weighted by molar-refractivity contribution is 0.284. The summed E-state index contributed by atoms with van der Waals surface area (Å²) in [5.74, 6) is 0. The van der Waals surface area contributed by atoms with Crippen molar-refractivity contribution in [2.75, 3.05) is 13.2 Å². The van der Waals surface area contributed by atoms with Gasteiger partial charge in [-0.1, -0.05) is 54.1 Å². The van der Waals surface area contributed by atoms with Crippen LogP contribution >= 0.6 is 11.6 Å². The van der Waals surface area contributed by atoms with Gasteiger partial charge in [-0.25, -0.2) is 0 Å². The Hall–Kier alpha value is -1.35. The third-order valence-electron chi connectivity index (χ3n) is 3.02. The highest BCUT2D eigenvalue weighted by Gasteiger charge is 2.12. The van der Waals surface area contributed by atoms with Gasteiger partial charge >= 0.3 is 0 Å². The lowest BCUT2D eigenvalue weighted by atomic mass is 9.98. The molecular weight excluding hydrogens is 258 g/mol. The van der Waals surface area contributed by atoms with Gasteiger partial charge in [0.15, 0.2) is 0 Å². The lowest BCUT2D eigenvalue weighted by Gasteiger charge is -2.19. The summed E-state index contributed by atoms with van der Waals surface area (Å²) < 4.78 is 0. The first kappa shape index (κ1) is 14.1. The summed E-state index contributed by atoms with van der Waals surface area (Å²) in [6, 6.07) is 18.3. The largest absolute Gasteiger partial charge is 0.396 e. The van der Waals surface area contributed by atoms with E-state index in [0.717, 1.165) is 18.0 Å². The average molecular weight is 276 g/mol. The third-order valence-corrected chi connectivity index (χ3v) is 3.27. The van der Waals surface area contributed by atoms with Crippen LogP contribution in [-0.4, -0.2) is 18.3 Å². The van der Waals surface area contributed by atoms with Crippen molar-refractivity contribution in [3.8, 4) is 0 Å². The van der Waals surface area contributed by atoms with Gasteiger partial charge < -0.3 is 10.4 Å². The smallest absolute Gasteiger partial charge is 0.0576 e. The monoisotopic (exact) mass is 275 g/mol. The molecule has 0 aliphatic heterocycles. The Kier molecular flexibility index (Phi) is 5.40. The molecule has 1 unspecified atom stereocenters. The molecule has 3 heteroatoms. The zero-order valence-corrected chi connectivity index (χ0v) is 11.5. The molecule has 2 aromatic rings. The molecule has 0 heterocycles. The fourth-order valence-corrected chi connectivity index (χ4v) is 2.18. The van der Waals surface area contributed by atoms with Crippen molar-refractivity contribution >= 4 is 11.6 Å². The molecule has 0 radical (unpaired) electrons. The van der Waals surface area contributed by atoms with Gasteiger partial charge in [0.2, 0.25) is 0 Å². The minimum Gasteiger partial charge on any atom is -0.396 e. The molecule has 2 aromatic carbocycles. The van der Waals surface area contributed by atoms with Crippen molar-refractivity contribution in [3.05, 3.63) is 70.7 Å². The Labute approximate surface area is 119 Å². The van der Waals surface area contributed by atoms with E-state index in [9.17, 15) is 0 Å². The molecule has 2 nitrogen and oxygen atoms in total. The molecule has 0 amide bonds. The van der Waals surface area contributed by atoms with Crippen LogP contribution in [0.4, 0.5) is 0 Å². The Morgan fingerprint density at radius 1 is 0.947 bits per heavy atom. The van der Waals surface area contributed by atoms with Crippen molar-refractivity contribution in [1.29, 1.82) is 0 Å². The van der Waals surface area contributed by atoms with Crippen LogP contribution in [0.3, 0.4) is 0 Å². The normalized spacial score (nSPS) is 12.3. The highest BCUT2D eigenvalue weighted by molar-refractivity contribution is 6.30. The molecule has 0 aliphatic carbocycles. The molecule has 0 fully saturated rings. The van der Waals surface area contributed by atoms with Crippen molar-refractivity contribution in [1.82, 2.24) is 5.32 Å². The fourth-order valence-electron chi connectivity index (χ4n) is 2.05. The third kappa shape index (κ3) is 4.06. The number of aliphatic hydroxyl groups excluding tert-OH is 1. The van der Waals surface area contributed by atoms with E-state index in [2.05, 4.69) is 17.4 Å². The van der Waals surface area contributed by atoms with Gasteiger partial charge in [0, 0.05) is 11.6 Å². The van der Waals surface area contributed by atoms with Crippen LogP contribution in [0.2, 0.25) is 5.02 Å². The van der Waals surface area contributed by atoms with E-state index in [1.807, 2.05) is 42.5 Å². The highest BCUT2D eigenvalue weighted by atomic mass is 35.5. The van der Waals surface area contributed by atoms with Crippen LogP contribution in [0.5, 0.6) is 0 Å². The van der Waals surface area contributed by atoms with Gasteiger partial charge in [-0.2, -0.15) is 0 Å². The molecule has 0 spiro atoms. The minimum atomic E-state index is 0.130. The van der Waals surface area contributed by atoms with Crippen LogP contribution in [-0.2, 0) is 0 Å². The van der Waals surface area contributed by atoms with Crippen LogP contribution in [0.15, 0.2) is 54.6 Å². The Morgan fingerprint density at radius 3 is 2.21 bits per heavy atom. The van der Waals surface area contributed by atoms with E-state index in [4.69, 9.17) is 16.7 Å². The maximum atomic E-state index is 8.90. The van der Waals surface area contributed by atoms with Crippen LogP contribution in [0.25, 0.3) is 0 Å². The molecule has 0 saturated carbocycles. The summed E-state index contributed by atoms with van der Waals surface area (Å²) in [4.78, 5) is 0. The van der Waals surface area contributed by atoms with Crippen LogP contribution in [0, 0.1) is 0 Å². The first-order valence-corrected chi connectivity index (χ1v) is 6.83. The number of halogens is 1. The Bertz CT molecular complexity index is 484. The first-order valence-electron chi connectivity index (χ1n) is 6.46. The van der Waals surface area contributed by atoms with E-state index >= 15 is 0 Å². The summed E-state index contributed by atoms with van der Waals surface area (Å²) in [7, 11) is 0. The molecule has 100 valence electrons. The molecule has 2 rings (SSSR count). The molecule has 19 heavy (non-hydrogen) atoms. The average Bonchev–Trinajstić information content (AvgIpc) is 2.46. The molecular formula is C16H18ClNO. The molecule has 0 aliphatic rings. The molecule has 1 atom stereocenters. The van der Waals surface area contributed by atoms with Gasteiger partial charge in [-0.3, -0.25) is 0 Å². The van der Waals surface area contributed by atoms with Gasteiger partial charge in [0.1, 0.15) is 0 Å². The van der Waals surface area contributed by atoms with Gasteiger partial charge in [0.25, 0.3) is 0 Å². The summed E-state index contributed by atoms with van der Waals surface area (Å²) >= 11 is 5.94. The molecule has 2 N–H and O–H groups in total. The number of aliphatic hydroxyl groups is 1. The number of hydrogen-bond donors (Lipinski definition) is 2. The lowest BCUT2D eigenvalue weighted by Crippen LogP contribution is -2.24. The zero-order valence-electron chi connectivity index (χ0n) is 10.7. The molecule has 0 saturated heterocycles. The Morgan fingerprint density at radius 2 is 1.58 bits per heavy atom. The SMILES string of the molecule is OCCCNC(c1ccccc1)c1ccc(Cl)cc1. The van der Waals surface area contributed by atoms with Crippen LogP contribution in [0.1, 0.15) is 23.6 Å². The quantitative estimate of drug-likeness (QED) is 0.792. The topological polar surface area (TPSA) is 32.3 Å². The minimum absolute atomic E-state index is 0.130. The standard InChI is InChI=1S/C16H18ClNO/c17-15-9-7-14(8-10-15)16(18-11-4-12-19)13-5-2-1-3-6-13/h1-3,5-10,16,18-19H,4,11-12H2. The number of benzene rings is 2. The highest BCUT2D eigenvalue weighted by Crippen LogP contribution is 2.23. The number of nitrogens with one attached hydrogen (secondary N) is 1. The van der Waals surface area contributed by atoms with Gasteiger partial charge in [-0.15, -0.1) is 0 Å². The van der Waals surface area contributed by atoms with E-state index in [1.165, 1.54) is 11.1 Å². The van der Waals surface area contributed by atoms with Crippen molar-refractivity contribution in [2.24, 2.45) is 0 Å². The molecule has 0 aromatic heterocycles. The summed E-state index contributed by atoms with van der Waals surface area (Å²) in [5, 5.41) is 13.1. The number of hydrogen-bond acceptors (Lipinski definition) is 2. The second kappa shape index (κ2) is 7.29. The predicted octanol–water partition coefficient (Wildman–Crippen LogP) is 3.40. The maximum Gasteiger partial charge on any atom is 0.0576 e. The summed E-state index contributed by atoms with van der Waals surface area (Å²) in [5.41, 5.74) is 2.39. The second-order valence-electron chi connectivity index (χ2n) is 4.43. The van der Waals surface area contributed by atoms with Crippen LogP contribution < -0.4 is 5.32 Å². The van der Waals surface area contributed by atoms with Gasteiger partial charge in [-0.05, 0) is 36.2 Å². The summed E-state index contributed by atoms with van der Waals surface area (Å²) in [6.07, 6.45) is 0.747. The number of rotatable bonds is 6. The van der Waals surface area contributed by atoms with E-state index in [1.54, 1.807) is 0 Å². The van der Waals surface area contributed by atoms with E-state index < -0.39 is 0 Å². The second-order valence-corrected chi connectivity index (χ2v) is 4.86. The predicted molar refractivity (Wildman–Crippen MR) is 79.4 cm³/mol. The fraction of sp³-hybridized carbons (Fsp3) is 0.250. The maximum absolute atomic E-state index is 8.90. The first-order chi connectivity index (χ1) is 9.31.